The lowest BCUT2D eigenvalue weighted by molar-refractivity contribution is -0.121. The largest absolute Gasteiger partial charge is 0.469 e. The number of aliphatic hydroxyl groups excluding tert-OH is 2. The first kappa shape index (κ1) is 27.7. The Balaban J connectivity index is 2.22. The van der Waals surface area contributed by atoms with E-state index in [2.05, 4.69) is 11.4 Å². The van der Waals surface area contributed by atoms with Crippen LogP contribution in [-0.2, 0) is 18.6 Å². The fourth-order valence-electron chi connectivity index (χ4n) is 4.11. The third-order valence-electron chi connectivity index (χ3n) is 6.06. The lowest BCUT2D eigenvalue weighted by atomic mass is 9.91. The maximum absolute atomic E-state index is 11.7. The number of hydrogen-bond donors (Lipinski definition) is 4. The second kappa shape index (κ2) is 13.9. The van der Waals surface area contributed by atoms with Crippen LogP contribution in [0.4, 0.5) is 0 Å². The summed E-state index contributed by atoms with van der Waals surface area (Å²) in [5.41, 5.74) is 0. The number of carbonyl (C=O) groups excluding carboxylic acids is 1. The maximum atomic E-state index is 11.7. The first-order chi connectivity index (χ1) is 14.1. The van der Waals surface area contributed by atoms with Crippen molar-refractivity contribution >= 4 is 13.6 Å². The normalized spacial score (nSPS) is 26.6. The molecule has 9 heteroatoms. The Bertz CT molecular complexity index is 537. The summed E-state index contributed by atoms with van der Waals surface area (Å²) in [7, 11) is -4.65. The molecule has 0 bridgehead atoms. The number of ether oxygens (including phenoxy) is 1. The molecule has 8 nitrogen and oxygen atoms in total. The minimum Gasteiger partial charge on any atom is -0.388 e. The van der Waals surface area contributed by atoms with Crippen molar-refractivity contribution in [1.82, 2.24) is 0 Å². The number of carbonyl (C=O) groups is 1. The summed E-state index contributed by atoms with van der Waals surface area (Å²) in [6.45, 7) is 5.31. The number of rotatable bonds is 16. The second-order valence-electron chi connectivity index (χ2n) is 8.68. The van der Waals surface area contributed by atoms with Crippen molar-refractivity contribution in [1.29, 1.82) is 0 Å². The first-order valence-corrected chi connectivity index (χ1v) is 12.8. The van der Waals surface area contributed by atoms with Crippen LogP contribution in [0.3, 0.4) is 0 Å². The van der Waals surface area contributed by atoms with Crippen LogP contribution < -0.4 is 0 Å². The smallest absolute Gasteiger partial charge is 0.388 e. The van der Waals surface area contributed by atoms with E-state index in [0.29, 0.717) is 5.78 Å². The van der Waals surface area contributed by atoms with E-state index in [1.165, 1.54) is 0 Å². The van der Waals surface area contributed by atoms with E-state index in [9.17, 15) is 19.6 Å². The Kier molecular flexibility index (Phi) is 12.9. The topological polar surface area (TPSA) is 134 Å². The molecule has 0 spiro atoms. The molecule has 1 aliphatic heterocycles. The highest BCUT2D eigenvalue weighted by molar-refractivity contribution is 7.46. The quantitative estimate of drug-likeness (QED) is 0.207. The number of unbranched alkanes of at least 4 members (excludes halogenated alkanes) is 5. The highest BCUT2D eigenvalue weighted by Crippen LogP contribution is 2.38. The van der Waals surface area contributed by atoms with Gasteiger partial charge in [-0.3, -0.25) is 9.32 Å². The van der Waals surface area contributed by atoms with Crippen LogP contribution in [0.25, 0.3) is 0 Å². The van der Waals surface area contributed by atoms with Gasteiger partial charge in [-0.2, -0.15) is 0 Å². The zero-order valence-corrected chi connectivity index (χ0v) is 19.5. The van der Waals surface area contributed by atoms with Crippen molar-refractivity contribution in [2.24, 2.45) is 11.8 Å². The Morgan fingerprint density at radius 1 is 1.00 bits per heavy atom. The molecule has 1 saturated heterocycles. The third-order valence-corrected chi connectivity index (χ3v) is 6.55. The lowest BCUT2D eigenvalue weighted by Crippen LogP contribution is -2.36. The predicted octanol–water partition coefficient (Wildman–Crippen LogP) is 3.35. The second-order valence-corrected chi connectivity index (χ2v) is 9.92. The Hall–Kier alpha value is -0.340. The average molecular weight is 453 g/mol. The molecule has 6 atom stereocenters. The summed E-state index contributed by atoms with van der Waals surface area (Å²) in [4.78, 5) is 29.2. The number of aliphatic hydroxyl groups is 2. The molecule has 0 aromatic rings. The molecule has 0 radical (unpaired) electrons. The van der Waals surface area contributed by atoms with Gasteiger partial charge < -0.3 is 24.7 Å². The number of phosphoric acid groups is 1. The van der Waals surface area contributed by atoms with Gasteiger partial charge in [-0.1, -0.05) is 58.8 Å². The molecule has 1 heterocycles. The summed E-state index contributed by atoms with van der Waals surface area (Å²) in [5, 5.41) is 20.3. The van der Waals surface area contributed by atoms with Gasteiger partial charge in [0.2, 0.25) is 0 Å². The molecule has 1 aliphatic rings. The Labute approximate surface area is 180 Å². The molecule has 4 N–H and O–H groups in total. The summed E-state index contributed by atoms with van der Waals surface area (Å²) in [6.07, 6.45) is 6.46. The summed E-state index contributed by atoms with van der Waals surface area (Å²) < 4.78 is 20.8. The SMILES string of the molecule is CCCCC(CCCCCCCC(C)C1OC(COP(=O)(O)O)C(O)C1O)C(C)=O. The highest BCUT2D eigenvalue weighted by Gasteiger charge is 2.45. The molecule has 1 rings (SSSR count). The van der Waals surface area contributed by atoms with Crippen LogP contribution in [0.15, 0.2) is 0 Å². The van der Waals surface area contributed by atoms with Crippen molar-refractivity contribution < 1.29 is 38.6 Å². The maximum Gasteiger partial charge on any atom is 0.469 e. The van der Waals surface area contributed by atoms with Gasteiger partial charge in [0.1, 0.15) is 24.1 Å². The zero-order valence-electron chi connectivity index (χ0n) is 18.6. The zero-order chi connectivity index (χ0) is 22.7. The molecule has 0 saturated carbocycles. The van der Waals surface area contributed by atoms with E-state index in [1.807, 2.05) is 6.92 Å². The van der Waals surface area contributed by atoms with Crippen LogP contribution >= 0.6 is 7.82 Å². The third kappa shape index (κ3) is 10.3. The fourth-order valence-corrected chi connectivity index (χ4v) is 4.45. The van der Waals surface area contributed by atoms with Gasteiger partial charge in [0, 0.05) is 5.92 Å². The average Bonchev–Trinajstić information content (AvgIpc) is 2.95. The van der Waals surface area contributed by atoms with E-state index in [-0.39, 0.29) is 11.8 Å². The van der Waals surface area contributed by atoms with Gasteiger partial charge in [0.15, 0.2) is 0 Å². The standard InChI is InChI=1S/C21H41O8P/c1-4-5-12-17(16(3)22)13-10-8-6-7-9-11-15(2)21-20(24)19(23)18(29-21)14-28-30(25,26)27/h15,17-21,23-24H,4-14H2,1-3H3,(H2,25,26,27). The molecule has 30 heavy (non-hydrogen) atoms. The van der Waals surface area contributed by atoms with Crippen molar-refractivity contribution in [2.45, 2.75) is 109 Å². The van der Waals surface area contributed by atoms with E-state index in [0.717, 1.165) is 64.2 Å². The van der Waals surface area contributed by atoms with Crippen LogP contribution in [0.2, 0.25) is 0 Å². The van der Waals surface area contributed by atoms with Crippen molar-refractivity contribution in [3.8, 4) is 0 Å². The molecule has 178 valence electrons. The first-order valence-electron chi connectivity index (χ1n) is 11.3. The van der Waals surface area contributed by atoms with Gasteiger partial charge >= 0.3 is 7.82 Å². The highest BCUT2D eigenvalue weighted by atomic mass is 31.2. The van der Waals surface area contributed by atoms with Gasteiger partial charge in [-0.05, 0) is 32.1 Å². The molecule has 0 aromatic heterocycles. The molecular formula is C21H41O8P. The predicted molar refractivity (Wildman–Crippen MR) is 114 cm³/mol. The van der Waals surface area contributed by atoms with E-state index in [1.54, 1.807) is 6.92 Å². The lowest BCUT2D eigenvalue weighted by Gasteiger charge is -2.22. The molecule has 6 unspecified atom stereocenters. The molecule has 0 amide bonds. The number of hydrogen-bond acceptors (Lipinski definition) is 6. The number of phosphoric ester groups is 1. The Morgan fingerprint density at radius 2 is 1.57 bits per heavy atom. The van der Waals surface area contributed by atoms with Crippen molar-refractivity contribution in [3.05, 3.63) is 0 Å². The molecule has 0 aromatic carbocycles. The summed E-state index contributed by atoms with van der Waals surface area (Å²) in [6, 6.07) is 0. The summed E-state index contributed by atoms with van der Waals surface area (Å²) in [5.74, 6) is 0.518. The van der Waals surface area contributed by atoms with Crippen molar-refractivity contribution in [2.75, 3.05) is 6.61 Å². The van der Waals surface area contributed by atoms with E-state index < -0.39 is 38.8 Å². The van der Waals surface area contributed by atoms with Crippen LogP contribution in [0.1, 0.15) is 85.0 Å². The van der Waals surface area contributed by atoms with Crippen molar-refractivity contribution in [3.63, 3.8) is 0 Å². The van der Waals surface area contributed by atoms with Crippen LogP contribution in [-0.4, -0.2) is 56.8 Å². The van der Waals surface area contributed by atoms with Gasteiger partial charge in [0.05, 0.1) is 12.7 Å². The fraction of sp³-hybridized carbons (Fsp3) is 0.952. The van der Waals surface area contributed by atoms with Crippen LogP contribution in [0, 0.1) is 11.8 Å². The summed E-state index contributed by atoms with van der Waals surface area (Å²) >= 11 is 0. The Morgan fingerprint density at radius 3 is 2.13 bits per heavy atom. The van der Waals surface area contributed by atoms with E-state index in [4.69, 9.17) is 14.5 Å². The molecule has 1 fully saturated rings. The van der Waals surface area contributed by atoms with Gasteiger partial charge in [0.25, 0.3) is 0 Å². The molecule has 0 aliphatic carbocycles. The molecular weight excluding hydrogens is 411 g/mol. The number of Topliss-reactive ketones (excluding diaryl/α,β-unsaturated/α-hetero) is 1. The number of ketones is 1. The minimum atomic E-state index is -4.65. The van der Waals surface area contributed by atoms with Gasteiger partial charge in [-0.15, -0.1) is 0 Å². The van der Waals surface area contributed by atoms with E-state index >= 15 is 0 Å². The van der Waals surface area contributed by atoms with Gasteiger partial charge in [-0.25, -0.2) is 4.57 Å². The monoisotopic (exact) mass is 452 g/mol. The minimum absolute atomic E-state index is 0.00541. The van der Waals surface area contributed by atoms with Crippen LogP contribution in [0.5, 0.6) is 0 Å².